The Hall–Kier alpha value is -6.38. The predicted molar refractivity (Wildman–Crippen MR) is 226 cm³/mol. The molecule has 0 aliphatic rings. The van der Waals surface area contributed by atoms with E-state index in [-0.39, 0.29) is 0 Å². The number of benzene rings is 9. The number of fused-ring (bicyclic) bond motifs is 6. The van der Waals surface area contributed by atoms with Crippen LogP contribution in [-0.4, -0.2) is 26.0 Å². The first-order chi connectivity index (χ1) is 26.2. The van der Waals surface area contributed by atoms with Gasteiger partial charge in [-0.2, -0.15) is 0 Å². The SMILES string of the molecule is [SeH]c1c(-c2cccc(-c3ccccc3)c2)cccc1-c1nc2ccccc2nc1-c1ccc2ccc3c4cc(-c5ccccc5)ccc4ccc3c2c1. The summed E-state index contributed by atoms with van der Waals surface area (Å²) in [5, 5.41) is 7.36. The third-order valence-corrected chi connectivity index (χ3v) is 11.4. The van der Waals surface area contributed by atoms with Crippen molar-refractivity contribution in [2.45, 2.75) is 0 Å². The maximum absolute atomic E-state index is 5.33. The molecule has 9 aromatic carbocycles. The van der Waals surface area contributed by atoms with Gasteiger partial charge in [-0.3, -0.25) is 0 Å². The van der Waals surface area contributed by atoms with Crippen LogP contribution in [0.3, 0.4) is 0 Å². The molecule has 0 amide bonds. The fourth-order valence-electron chi connectivity index (χ4n) is 7.68. The van der Waals surface area contributed by atoms with Crippen LogP contribution in [0.25, 0.3) is 99.2 Å². The van der Waals surface area contributed by atoms with Crippen molar-refractivity contribution < 1.29 is 0 Å². The zero-order valence-corrected chi connectivity index (χ0v) is 30.6. The summed E-state index contributed by atoms with van der Waals surface area (Å²) in [5.41, 5.74) is 12.8. The molecule has 2 nitrogen and oxygen atoms in total. The van der Waals surface area contributed by atoms with Crippen LogP contribution in [0.4, 0.5) is 0 Å². The number of hydrogen-bond donors (Lipinski definition) is 0. The third kappa shape index (κ3) is 5.59. The third-order valence-electron chi connectivity index (χ3n) is 10.4. The van der Waals surface area contributed by atoms with Crippen LogP contribution in [0, 0.1) is 0 Å². The van der Waals surface area contributed by atoms with E-state index in [1.165, 1.54) is 60.1 Å². The summed E-state index contributed by atoms with van der Waals surface area (Å²) in [4.78, 5) is 10.7. The van der Waals surface area contributed by atoms with E-state index in [1.807, 2.05) is 12.1 Å². The summed E-state index contributed by atoms with van der Waals surface area (Å²) in [6.07, 6.45) is 0. The molecule has 0 saturated carbocycles. The van der Waals surface area contributed by atoms with Gasteiger partial charge in [-0.1, -0.05) is 36.4 Å². The van der Waals surface area contributed by atoms with Crippen molar-refractivity contribution in [2.24, 2.45) is 0 Å². The average molecular weight is 740 g/mol. The topological polar surface area (TPSA) is 25.8 Å². The molecule has 248 valence electrons. The minimum absolute atomic E-state index is 0.872. The molecule has 0 N–H and O–H groups in total. The molecule has 0 aliphatic carbocycles. The van der Waals surface area contributed by atoms with Crippen LogP contribution in [0.2, 0.25) is 0 Å². The van der Waals surface area contributed by atoms with E-state index in [9.17, 15) is 0 Å². The standard InChI is InChI=1S/C50H32N2Se/c53-50-40(38-16-9-15-36(29-38)32-11-3-1-4-12-32)17-10-18-43(50)49-48(51-46-19-7-8-20-47(46)52-49)39-24-22-35-26-27-41-42(45(35)31-39)28-25-34-21-23-37(30-44(34)41)33-13-5-2-6-14-33/h1-31,53H. The first-order valence-corrected chi connectivity index (χ1v) is 18.8. The Balaban J connectivity index is 1.15. The molecule has 0 bridgehead atoms. The second-order valence-corrected chi connectivity index (χ2v) is 14.5. The van der Waals surface area contributed by atoms with Crippen molar-refractivity contribution >= 4 is 63.8 Å². The molecule has 0 atom stereocenters. The molecule has 1 heterocycles. The van der Waals surface area contributed by atoms with Gasteiger partial charge >= 0.3 is 276 Å². The number of rotatable bonds is 5. The molecular weight excluding hydrogens is 708 g/mol. The van der Waals surface area contributed by atoms with E-state index < -0.39 is 0 Å². The van der Waals surface area contributed by atoms with Gasteiger partial charge in [0.25, 0.3) is 0 Å². The average Bonchev–Trinajstić information content (AvgIpc) is 3.23. The van der Waals surface area contributed by atoms with Crippen molar-refractivity contribution in [3.05, 3.63) is 188 Å². The summed E-state index contributed by atoms with van der Waals surface area (Å²) < 4.78 is 1.11. The molecule has 0 radical (unpaired) electrons. The number of para-hydroxylation sites is 2. The van der Waals surface area contributed by atoms with Crippen LogP contribution >= 0.6 is 0 Å². The van der Waals surface area contributed by atoms with Gasteiger partial charge < -0.3 is 0 Å². The Morgan fingerprint density at radius 2 is 0.774 bits per heavy atom. The van der Waals surface area contributed by atoms with Crippen LogP contribution < -0.4 is 4.46 Å². The Morgan fingerprint density at radius 1 is 0.302 bits per heavy atom. The molecule has 3 heteroatoms. The van der Waals surface area contributed by atoms with Gasteiger partial charge in [0.1, 0.15) is 0 Å². The molecule has 0 saturated heterocycles. The van der Waals surface area contributed by atoms with Gasteiger partial charge in [0.05, 0.1) is 0 Å². The molecule has 1 aromatic heterocycles. The minimum atomic E-state index is 0.872. The Morgan fingerprint density at radius 3 is 1.43 bits per heavy atom. The van der Waals surface area contributed by atoms with Gasteiger partial charge in [-0.25, -0.2) is 0 Å². The zero-order chi connectivity index (χ0) is 35.3. The van der Waals surface area contributed by atoms with Crippen molar-refractivity contribution in [1.82, 2.24) is 9.97 Å². The summed E-state index contributed by atoms with van der Waals surface area (Å²) in [5.74, 6) is 0. The second-order valence-electron chi connectivity index (χ2n) is 13.5. The van der Waals surface area contributed by atoms with Crippen molar-refractivity contribution in [2.75, 3.05) is 0 Å². The first kappa shape index (κ1) is 31.4. The first-order valence-electron chi connectivity index (χ1n) is 17.9. The Kier molecular flexibility index (Phi) is 7.69. The zero-order valence-electron chi connectivity index (χ0n) is 28.7. The quantitative estimate of drug-likeness (QED) is 0.130. The fraction of sp³-hybridized carbons (Fsp3) is 0. The van der Waals surface area contributed by atoms with Crippen molar-refractivity contribution in [3.8, 4) is 55.9 Å². The van der Waals surface area contributed by atoms with Gasteiger partial charge in [-0.05, 0) is 5.56 Å². The molecular formula is C50H32N2Se. The van der Waals surface area contributed by atoms with E-state index in [2.05, 4.69) is 192 Å². The van der Waals surface area contributed by atoms with E-state index in [0.717, 1.165) is 43.6 Å². The van der Waals surface area contributed by atoms with E-state index in [1.54, 1.807) is 0 Å². The van der Waals surface area contributed by atoms with E-state index in [4.69, 9.17) is 9.97 Å². The van der Waals surface area contributed by atoms with Gasteiger partial charge in [0.2, 0.25) is 0 Å². The van der Waals surface area contributed by atoms with E-state index in [0.29, 0.717) is 0 Å². The Labute approximate surface area is 316 Å². The van der Waals surface area contributed by atoms with Crippen LogP contribution in [0.15, 0.2) is 188 Å². The number of aromatic nitrogens is 2. The van der Waals surface area contributed by atoms with Crippen LogP contribution in [0.1, 0.15) is 0 Å². The number of hydrogen-bond acceptors (Lipinski definition) is 2. The monoisotopic (exact) mass is 740 g/mol. The summed E-state index contributed by atoms with van der Waals surface area (Å²) in [7, 11) is 0. The molecule has 10 aromatic rings. The van der Waals surface area contributed by atoms with Gasteiger partial charge in [0.15, 0.2) is 0 Å². The van der Waals surface area contributed by atoms with Crippen LogP contribution in [-0.2, 0) is 0 Å². The van der Waals surface area contributed by atoms with Crippen molar-refractivity contribution in [1.29, 1.82) is 0 Å². The number of nitrogens with zero attached hydrogens (tertiary/aromatic N) is 2. The summed E-state index contributed by atoms with van der Waals surface area (Å²) >= 11 is 2.83. The normalized spacial score (nSPS) is 11.5. The maximum atomic E-state index is 5.33. The van der Waals surface area contributed by atoms with E-state index >= 15 is 0 Å². The van der Waals surface area contributed by atoms with Crippen molar-refractivity contribution in [3.63, 3.8) is 0 Å². The molecule has 0 fully saturated rings. The van der Waals surface area contributed by atoms with Crippen LogP contribution in [0.5, 0.6) is 0 Å². The molecule has 0 aliphatic heterocycles. The molecule has 53 heavy (non-hydrogen) atoms. The second kappa shape index (κ2) is 13.0. The Bertz CT molecular complexity index is 3010. The van der Waals surface area contributed by atoms with Gasteiger partial charge in [0, 0.05) is 0 Å². The summed E-state index contributed by atoms with van der Waals surface area (Å²) in [6.45, 7) is 0. The van der Waals surface area contributed by atoms with Gasteiger partial charge in [-0.15, -0.1) is 0 Å². The molecule has 10 rings (SSSR count). The summed E-state index contributed by atoms with van der Waals surface area (Å²) in [6, 6.07) is 67.2. The predicted octanol–water partition coefficient (Wildman–Crippen LogP) is 12.0. The fourth-order valence-corrected chi connectivity index (χ4v) is 8.48. The molecule has 0 spiro atoms. The molecule has 0 unspecified atom stereocenters.